The molecule has 0 amide bonds. The molecule has 0 radical (unpaired) electrons. The SMILES string of the molecule is CC(=O)c1c(C)nn(Cc2ccc(F)cc2C)c1C. The number of aromatic nitrogens is 2. The predicted molar refractivity (Wildman–Crippen MR) is 71.9 cm³/mol. The van der Waals surface area contributed by atoms with Gasteiger partial charge < -0.3 is 0 Å². The number of carbonyl (C=O) groups excluding carboxylic acids is 1. The van der Waals surface area contributed by atoms with Gasteiger partial charge in [-0.1, -0.05) is 6.07 Å². The van der Waals surface area contributed by atoms with Gasteiger partial charge >= 0.3 is 0 Å². The van der Waals surface area contributed by atoms with Gasteiger partial charge in [0.15, 0.2) is 5.78 Å². The number of ketones is 1. The van der Waals surface area contributed by atoms with Gasteiger partial charge in [-0.05, 0) is 51.0 Å². The summed E-state index contributed by atoms with van der Waals surface area (Å²) in [5.74, 6) is -0.212. The standard InChI is InChI=1S/C15H17FN2O/c1-9-7-14(16)6-5-13(9)8-18-11(3)15(12(4)19)10(2)17-18/h5-7H,8H2,1-4H3. The lowest BCUT2D eigenvalue weighted by Crippen LogP contribution is -2.06. The smallest absolute Gasteiger partial charge is 0.163 e. The number of aryl methyl sites for hydroxylation is 2. The van der Waals surface area contributed by atoms with E-state index in [0.29, 0.717) is 12.1 Å². The molecule has 1 aromatic carbocycles. The van der Waals surface area contributed by atoms with Crippen molar-refractivity contribution in [2.45, 2.75) is 34.2 Å². The van der Waals surface area contributed by atoms with Crippen LogP contribution < -0.4 is 0 Å². The second kappa shape index (κ2) is 4.96. The molecule has 0 unspecified atom stereocenters. The van der Waals surface area contributed by atoms with Crippen molar-refractivity contribution in [2.24, 2.45) is 0 Å². The summed E-state index contributed by atoms with van der Waals surface area (Å²) in [6.07, 6.45) is 0. The van der Waals surface area contributed by atoms with Crippen molar-refractivity contribution in [1.29, 1.82) is 0 Å². The average molecular weight is 260 g/mol. The number of hydrogen-bond donors (Lipinski definition) is 0. The van der Waals surface area contributed by atoms with Crippen LogP contribution in [0.4, 0.5) is 4.39 Å². The van der Waals surface area contributed by atoms with Crippen LogP contribution >= 0.6 is 0 Å². The molecule has 0 spiro atoms. The second-order valence-electron chi connectivity index (χ2n) is 4.83. The summed E-state index contributed by atoms with van der Waals surface area (Å²) in [5.41, 5.74) is 4.16. The van der Waals surface area contributed by atoms with Crippen LogP contribution in [0.5, 0.6) is 0 Å². The highest BCUT2D eigenvalue weighted by Crippen LogP contribution is 2.17. The number of carbonyl (C=O) groups is 1. The fourth-order valence-corrected chi connectivity index (χ4v) is 2.36. The van der Waals surface area contributed by atoms with Crippen LogP contribution in [0.2, 0.25) is 0 Å². The number of Topliss-reactive ketones (excluding diaryl/α,β-unsaturated/α-hetero) is 1. The lowest BCUT2D eigenvalue weighted by atomic mass is 10.1. The third-order valence-electron chi connectivity index (χ3n) is 3.36. The summed E-state index contributed by atoms with van der Waals surface area (Å²) in [4.78, 5) is 11.6. The van der Waals surface area contributed by atoms with E-state index in [1.807, 2.05) is 20.8 Å². The molecular formula is C15H17FN2O. The van der Waals surface area contributed by atoms with E-state index in [0.717, 1.165) is 22.5 Å². The molecule has 100 valence electrons. The van der Waals surface area contributed by atoms with E-state index < -0.39 is 0 Å². The largest absolute Gasteiger partial charge is 0.294 e. The number of benzene rings is 1. The Morgan fingerprint density at radius 2 is 2.00 bits per heavy atom. The lowest BCUT2D eigenvalue weighted by Gasteiger charge is -2.08. The first-order valence-electron chi connectivity index (χ1n) is 6.20. The lowest BCUT2D eigenvalue weighted by molar-refractivity contribution is 0.101. The highest BCUT2D eigenvalue weighted by molar-refractivity contribution is 5.96. The van der Waals surface area contributed by atoms with Crippen LogP contribution in [0.3, 0.4) is 0 Å². The van der Waals surface area contributed by atoms with Gasteiger partial charge in [0.2, 0.25) is 0 Å². The average Bonchev–Trinajstić information content (AvgIpc) is 2.58. The zero-order valence-corrected chi connectivity index (χ0v) is 11.6. The Balaban J connectivity index is 2.39. The fourth-order valence-electron chi connectivity index (χ4n) is 2.36. The van der Waals surface area contributed by atoms with Crippen molar-refractivity contribution in [3.8, 4) is 0 Å². The summed E-state index contributed by atoms with van der Waals surface area (Å²) >= 11 is 0. The maximum Gasteiger partial charge on any atom is 0.163 e. The highest BCUT2D eigenvalue weighted by atomic mass is 19.1. The van der Waals surface area contributed by atoms with Crippen molar-refractivity contribution >= 4 is 5.78 Å². The molecule has 4 heteroatoms. The minimum Gasteiger partial charge on any atom is -0.294 e. The Labute approximate surface area is 112 Å². The molecule has 0 fully saturated rings. The van der Waals surface area contributed by atoms with Crippen LogP contribution in [-0.4, -0.2) is 15.6 Å². The number of halogens is 1. The maximum atomic E-state index is 13.1. The van der Waals surface area contributed by atoms with Crippen molar-refractivity contribution in [2.75, 3.05) is 0 Å². The molecule has 19 heavy (non-hydrogen) atoms. The predicted octanol–water partition coefficient (Wildman–Crippen LogP) is 3.20. The molecule has 0 N–H and O–H groups in total. The van der Waals surface area contributed by atoms with Gasteiger partial charge in [0.1, 0.15) is 5.82 Å². The second-order valence-corrected chi connectivity index (χ2v) is 4.83. The van der Waals surface area contributed by atoms with Crippen molar-refractivity contribution in [3.05, 3.63) is 52.1 Å². The van der Waals surface area contributed by atoms with Crippen LogP contribution in [0, 0.1) is 26.6 Å². The molecule has 2 rings (SSSR count). The summed E-state index contributed by atoms with van der Waals surface area (Å²) in [6.45, 7) is 7.68. The Morgan fingerprint density at radius 3 is 2.53 bits per heavy atom. The van der Waals surface area contributed by atoms with E-state index in [4.69, 9.17) is 0 Å². The van der Waals surface area contributed by atoms with Gasteiger partial charge in [0, 0.05) is 5.69 Å². The van der Waals surface area contributed by atoms with Gasteiger partial charge in [-0.2, -0.15) is 5.10 Å². The number of nitrogens with zero attached hydrogens (tertiary/aromatic N) is 2. The van der Waals surface area contributed by atoms with E-state index in [2.05, 4.69) is 5.10 Å². The summed E-state index contributed by atoms with van der Waals surface area (Å²) in [7, 11) is 0. The van der Waals surface area contributed by atoms with Gasteiger partial charge in [0.05, 0.1) is 17.8 Å². The Morgan fingerprint density at radius 1 is 1.32 bits per heavy atom. The van der Waals surface area contributed by atoms with Crippen LogP contribution in [0.15, 0.2) is 18.2 Å². The van der Waals surface area contributed by atoms with E-state index in [1.165, 1.54) is 12.1 Å². The zero-order chi connectivity index (χ0) is 14.2. The van der Waals surface area contributed by atoms with Crippen LogP contribution in [0.25, 0.3) is 0 Å². The molecule has 0 bridgehead atoms. The van der Waals surface area contributed by atoms with Gasteiger partial charge in [-0.25, -0.2) is 4.39 Å². The molecule has 3 nitrogen and oxygen atoms in total. The van der Waals surface area contributed by atoms with Gasteiger partial charge in [-0.3, -0.25) is 9.48 Å². The Hall–Kier alpha value is -1.97. The van der Waals surface area contributed by atoms with E-state index in [1.54, 1.807) is 17.7 Å². The molecule has 0 aliphatic rings. The first-order valence-corrected chi connectivity index (χ1v) is 6.20. The number of hydrogen-bond acceptors (Lipinski definition) is 2. The number of rotatable bonds is 3. The molecule has 0 saturated heterocycles. The molecular weight excluding hydrogens is 243 g/mol. The van der Waals surface area contributed by atoms with Crippen molar-refractivity contribution in [1.82, 2.24) is 9.78 Å². The molecule has 0 saturated carbocycles. The monoisotopic (exact) mass is 260 g/mol. The maximum absolute atomic E-state index is 13.1. The molecule has 2 aromatic rings. The van der Waals surface area contributed by atoms with Crippen molar-refractivity contribution in [3.63, 3.8) is 0 Å². The molecule has 0 aliphatic heterocycles. The Bertz CT molecular complexity index is 644. The van der Waals surface area contributed by atoms with E-state index >= 15 is 0 Å². The summed E-state index contributed by atoms with van der Waals surface area (Å²) < 4.78 is 14.9. The molecule has 1 heterocycles. The first-order chi connectivity index (χ1) is 8.90. The Kier molecular flexibility index (Phi) is 3.51. The summed E-state index contributed by atoms with van der Waals surface area (Å²) in [6, 6.07) is 4.71. The fraction of sp³-hybridized carbons (Fsp3) is 0.333. The highest BCUT2D eigenvalue weighted by Gasteiger charge is 2.15. The molecule has 0 atom stereocenters. The normalized spacial score (nSPS) is 10.8. The van der Waals surface area contributed by atoms with E-state index in [-0.39, 0.29) is 11.6 Å². The van der Waals surface area contributed by atoms with Gasteiger partial charge in [-0.15, -0.1) is 0 Å². The first kappa shape index (κ1) is 13.5. The van der Waals surface area contributed by atoms with Crippen LogP contribution in [0.1, 0.15) is 39.8 Å². The van der Waals surface area contributed by atoms with Crippen molar-refractivity contribution < 1.29 is 9.18 Å². The molecule has 1 aromatic heterocycles. The topological polar surface area (TPSA) is 34.9 Å². The third kappa shape index (κ3) is 2.57. The quantitative estimate of drug-likeness (QED) is 0.794. The minimum absolute atomic E-state index is 0.0251. The van der Waals surface area contributed by atoms with Gasteiger partial charge in [0.25, 0.3) is 0 Å². The molecule has 0 aliphatic carbocycles. The third-order valence-corrected chi connectivity index (χ3v) is 3.36. The van der Waals surface area contributed by atoms with Crippen LogP contribution in [-0.2, 0) is 6.54 Å². The summed E-state index contributed by atoms with van der Waals surface area (Å²) in [5, 5.41) is 4.39. The minimum atomic E-state index is -0.237. The zero-order valence-electron chi connectivity index (χ0n) is 11.6. The van der Waals surface area contributed by atoms with E-state index in [9.17, 15) is 9.18 Å².